The summed E-state index contributed by atoms with van der Waals surface area (Å²) in [5, 5.41) is 17.0. The summed E-state index contributed by atoms with van der Waals surface area (Å²) in [6.45, 7) is 0.295. The Hall–Kier alpha value is -4.79. The van der Waals surface area contributed by atoms with Crippen LogP contribution in [-0.2, 0) is 11.4 Å². The number of hydrogen-bond donors (Lipinski definition) is 1. The monoisotopic (exact) mass is 518 g/mol. The minimum atomic E-state index is -0.518. The van der Waals surface area contributed by atoms with E-state index in [0.717, 1.165) is 27.1 Å². The molecule has 0 fully saturated rings. The molecule has 0 heterocycles. The maximum atomic E-state index is 13.0. The number of nitrogens with one attached hydrogen (secondary N) is 1. The van der Waals surface area contributed by atoms with E-state index in [9.17, 15) is 10.1 Å². The summed E-state index contributed by atoms with van der Waals surface area (Å²) in [6, 6.07) is 32.8. The molecule has 0 radical (unpaired) electrons. The molecule has 0 spiro atoms. The Labute approximate surface area is 225 Å². The Bertz CT molecular complexity index is 1730. The highest BCUT2D eigenvalue weighted by Crippen LogP contribution is 2.38. The number of nitrogens with zero attached hydrogens (tertiary/aromatic N) is 1. The van der Waals surface area contributed by atoms with E-state index < -0.39 is 5.91 Å². The van der Waals surface area contributed by atoms with Crippen LogP contribution in [0, 0.1) is 11.3 Å². The number of carbonyl (C=O) groups is 1. The van der Waals surface area contributed by atoms with E-state index >= 15 is 0 Å². The number of amides is 1. The fourth-order valence-corrected chi connectivity index (χ4v) is 4.64. The lowest BCUT2D eigenvalue weighted by atomic mass is 10.1. The zero-order chi connectivity index (χ0) is 26.5. The number of rotatable bonds is 7. The van der Waals surface area contributed by atoms with Gasteiger partial charge in [-0.2, -0.15) is 5.26 Å². The predicted molar refractivity (Wildman–Crippen MR) is 152 cm³/mol. The van der Waals surface area contributed by atoms with Crippen LogP contribution in [0.25, 0.3) is 27.6 Å². The quantitative estimate of drug-likeness (QED) is 0.176. The van der Waals surface area contributed by atoms with Crippen molar-refractivity contribution in [3.63, 3.8) is 0 Å². The van der Waals surface area contributed by atoms with Crippen molar-refractivity contribution in [1.82, 2.24) is 0 Å². The average molecular weight is 519 g/mol. The second-order valence-electron chi connectivity index (χ2n) is 8.61. The van der Waals surface area contributed by atoms with Crippen molar-refractivity contribution in [3.8, 4) is 17.6 Å². The number of anilines is 1. The fraction of sp³-hybridized carbons (Fsp3) is 0.0625. The zero-order valence-corrected chi connectivity index (χ0v) is 21.3. The molecule has 5 aromatic carbocycles. The molecular formula is C32H23ClN2O3. The van der Waals surface area contributed by atoms with E-state index in [-0.39, 0.29) is 5.57 Å². The predicted octanol–water partition coefficient (Wildman–Crippen LogP) is 7.78. The normalized spacial score (nSPS) is 11.2. The molecule has 0 aromatic heterocycles. The molecule has 1 amide bonds. The Balaban J connectivity index is 1.39. The molecule has 0 aliphatic rings. The average Bonchev–Trinajstić information content (AvgIpc) is 2.95. The number of nitriles is 1. The third kappa shape index (κ3) is 5.17. The maximum absolute atomic E-state index is 13.0. The molecule has 1 N–H and O–H groups in total. The van der Waals surface area contributed by atoms with Gasteiger partial charge in [0, 0.05) is 11.1 Å². The van der Waals surface area contributed by atoms with Gasteiger partial charge in [0.1, 0.15) is 18.2 Å². The van der Waals surface area contributed by atoms with Crippen LogP contribution in [0.15, 0.2) is 103 Å². The molecule has 5 rings (SSSR count). The van der Waals surface area contributed by atoms with Crippen LogP contribution >= 0.6 is 11.6 Å². The third-order valence-electron chi connectivity index (χ3n) is 6.22. The first-order valence-corrected chi connectivity index (χ1v) is 12.3. The first-order valence-electron chi connectivity index (χ1n) is 12.0. The SMILES string of the molecule is COc1cc(/C=C(\C#N)C(=O)Nc2cccc3ccccc23)cc(Cl)c1OCc1cccc2ccccc12. The van der Waals surface area contributed by atoms with Gasteiger partial charge in [-0.25, -0.2) is 0 Å². The molecule has 38 heavy (non-hydrogen) atoms. The maximum Gasteiger partial charge on any atom is 0.266 e. The lowest BCUT2D eigenvalue weighted by Crippen LogP contribution is -2.13. The van der Waals surface area contributed by atoms with Gasteiger partial charge in [-0.15, -0.1) is 0 Å². The first kappa shape index (κ1) is 24.9. The van der Waals surface area contributed by atoms with E-state index in [0.29, 0.717) is 34.4 Å². The number of methoxy groups -OCH3 is 1. The number of hydrogen-bond acceptors (Lipinski definition) is 4. The highest BCUT2D eigenvalue weighted by molar-refractivity contribution is 6.32. The van der Waals surface area contributed by atoms with Crippen LogP contribution in [0.3, 0.4) is 0 Å². The van der Waals surface area contributed by atoms with E-state index in [1.165, 1.54) is 13.2 Å². The van der Waals surface area contributed by atoms with E-state index in [2.05, 4.69) is 17.4 Å². The lowest BCUT2D eigenvalue weighted by molar-refractivity contribution is -0.112. The number of carbonyl (C=O) groups excluding carboxylic acids is 1. The highest BCUT2D eigenvalue weighted by atomic mass is 35.5. The number of benzene rings is 5. The Morgan fingerprint density at radius 3 is 2.32 bits per heavy atom. The Kier molecular flexibility index (Phi) is 7.26. The van der Waals surface area contributed by atoms with Gasteiger partial charge in [0.2, 0.25) is 0 Å². The standard InChI is InChI=1S/C32H23ClN2O3/c1-37-30-18-21(16-25(19-34)32(36)35-29-15-7-11-23-9-3-5-14-27(23)29)17-28(33)31(30)38-20-24-12-6-10-22-8-2-4-13-26(22)24/h2-18H,20H2,1H3,(H,35,36)/b25-16+. The zero-order valence-electron chi connectivity index (χ0n) is 20.6. The topological polar surface area (TPSA) is 71.3 Å². The van der Waals surface area contributed by atoms with Gasteiger partial charge in [-0.1, -0.05) is 90.5 Å². The second kappa shape index (κ2) is 11.1. The van der Waals surface area contributed by atoms with Crippen LogP contribution in [0.1, 0.15) is 11.1 Å². The molecule has 0 aliphatic heterocycles. The minimum Gasteiger partial charge on any atom is -0.493 e. The van der Waals surface area contributed by atoms with Crippen LogP contribution < -0.4 is 14.8 Å². The van der Waals surface area contributed by atoms with Crippen molar-refractivity contribution in [1.29, 1.82) is 5.26 Å². The Morgan fingerprint density at radius 1 is 0.921 bits per heavy atom. The van der Waals surface area contributed by atoms with E-state index in [1.54, 1.807) is 18.2 Å². The molecule has 0 bridgehead atoms. The first-order chi connectivity index (χ1) is 18.6. The molecule has 0 saturated carbocycles. The molecule has 0 saturated heterocycles. The van der Waals surface area contributed by atoms with Crippen LogP contribution in [0.4, 0.5) is 5.69 Å². The molecular weight excluding hydrogens is 496 g/mol. The number of halogens is 1. The van der Waals surface area contributed by atoms with Crippen molar-refractivity contribution >= 4 is 50.8 Å². The molecule has 0 aliphatic carbocycles. The molecule has 5 nitrogen and oxygen atoms in total. The van der Waals surface area contributed by atoms with E-state index in [4.69, 9.17) is 21.1 Å². The summed E-state index contributed by atoms with van der Waals surface area (Å²) in [5.41, 5.74) is 2.11. The molecule has 6 heteroatoms. The van der Waals surface area contributed by atoms with Crippen LogP contribution in [-0.4, -0.2) is 13.0 Å². The van der Waals surface area contributed by atoms with Gasteiger partial charge in [0.15, 0.2) is 11.5 Å². The van der Waals surface area contributed by atoms with E-state index in [1.807, 2.05) is 72.8 Å². The second-order valence-corrected chi connectivity index (χ2v) is 9.02. The Morgan fingerprint density at radius 2 is 1.58 bits per heavy atom. The number of fused-ring (bicyclic) bond motifs is 2. The van der Waals surface area contributed by atoms with Gasteiger partial charge >= 0.3 is 0 Å². The van der Waals surface area contributed by atoms with Crippen molar-refractivity contribution in [2.45, 2.75) is 6.61 Å². The van der Waals surface area contributed by atoms with Crippen molar-refractivity contribution < 1.29 is 14.3 Å². The molecule has 0 atom stereocenters. The minimum absolute atomic E-state index is 0.0690. The van der Waals surface area contributed by atoms with Gasteiger partial charge in [0.05, 0.1) is 12.1 Å². The summed E-state index contributed by atoms with van der Waals surface area (Å²) in [7, 11) is 1.52. The third-order valence-corrected chi connectivity index (χ3v) is 6.50. The summed E-state index contributed by atoms with van der Waals surface area (Å²) < 4.78 is 11.6. The van der Waals surface area contributed by atoms with Crippen molar-refractivity contribution in [2.75, 3.05) is 12.4 Å². The summed E-state index contributed by atoms with van der Waals surface area (Å²) in [5.74, 6) is 0.268. The summed E-state index contributed by atoms with van der Waals surface area (Å²) >= 11 is 6.58. The van der Waals surface area contributed by atoms with Crippen LogP contribution in [0.5, 0.6) is 11.5 Å². The highest BCUT2D eigenvalue weighted by Gasteiger charge is 2.16. The van der Waals surface area contributed by atoms with Crippen LogP contribution in [0.2, 0.25) is 5.02 Å². The van der Waals surface area contributed by atoms with Gasteiger partial charge in [-0.3, -0.25) is 4.79 Å². The van der Waals surface area contributed by atoms with Crippen molar-refractivity contribution in [3.05, 3.63) is 119 Å². The fourth-order valence-electron chi connectivity index (χ4n) is 4.37. The van der Waals surface area contributed by atoms with Crippen molar-refractivity contribution in [2.24, 2.45) is 0 Å². The molecule has 5 aromatic rings. The van der Waals surface area contributed by atoms with Gasteiger partial charge in [-0.05, 0) is 51.6 Å². The van der Waals surface area contributed by atoms with Gasteiger partial charge in [0.25, 0.3) is 5.91 Å². The number of ether oxygens (including phenoxy) is 2. The lowest BCUT2D eigenvalue weighted by Gasteiger charge is -2.14. The molecule has 0 unspecified atom stereocenters. The molecule has 186 valence electrons. The van der Waals surface area contributed by atoms with Gasteiger partial charge < -0.3 is 14.8 Å². The summed E-state index contributed by atoms with van der Waals surface area (Å²) in [4.78, 5) is 13.0. The largest absolute Gasteiger partial charge is 0.493 e. The smallest absolute Gasteiger partial charge is 0.266 e. The summed E-state index contributed by atoms with van der Waals surface area (Å²) in [6.07, 6.45) is 1.48.